The Morgan fingerprint density at radius 2 is 1.80 bits per heavy atom. The van der Waals surface area contributed by atoms with Crippen molar-refractivity contribution < 1.29 is 9.53 Å². The highest BCUT2D eigenvalue weighted by atomic mass is 79.9. The monoisotopic (exact) mass is 332 g/mol. The SMILES string of the molecule is CC[C@@H]1[C@H]2C=CC=C[C@@H]2[C@H]1OC(=O)c1ccc(Br)cc1. The first-order valence-electron chi connectivity index (χ1n) is 7.02. The zero-order valence-corrected chi connectivity index (χ0v) is 12.9. The maximum atomic E-state index is 12.2. The molecular formula is C17H17BrO2. The molecule has 1 aromatic rings. The minimum absolute atomic E-state index is 0.0161. The van der Waals surface area contributed by atoms with Crippen LogP contribution in [-0.2, 0) is 4.74 Å². The first kappa shape index (κ1) is 13.6. The molecule has 0 spiro atoms. The Bertz CT molecular complexity index is 559. The number of hydrogen-bond donors (Lipinski definition) is 0. The van der Waals surface area contributed by atoms with Crippen molar-refractivity contribution in [1.82, 2.24) is 0 Å². The summed E-state index contributed by atoms with van der Waals surface area (Å²) in [6, 6.07) is 7.31. The fourth-order valence-corrected chi connectivity index (χ4v) is 3.47. The van der Waals surface area contributed by atoms with Crippen LogP contribution in [0.3, 0.4) is 0 Å². The number of hydrogen-bond acceptors (Lipinski definition) is 2. The zero-order chi connectivity index (χ0) is 14.1. The van der Waals surface area contributed by atoms with Crippen molar-refractivity contribution in [1.29, 1.82) is 0 Å². The van der Waals surface area contributed by atoms with Crippen LogP contribution >= 0.6 is 15.9 Å². The molecule has 0 saturated heterocycles. The van der Waals surface area contributed by atoms with E-state index in [1.54, 1.807) is 12.1 Å². The van der Waals surface area contributed by atoms with E-state index in [2.05, 4.69) is 41.1 Å². The Kier molecular flexibility index (Phi) is 3.79. The van der Waals surface area contributed by atoms with Crippen molar-refractivity contribution in [2.75, 3.05) is 0 Å². The van der Waals surface area contributed by atoms with Crippen LogP contribution in [0.15, 0.2) is 53.0 Å². The molecule has 104 valence electrons. The summed E-state index contributed by atoms with van der Waals surface area (Å²) in [4.78, 5) is 12.2. The average molecular weight is 333 g/mol. The Labute approximate surface area is 127 Å². The molecule has 0 aliphatic heterocycles. The van der Waals surface area contributed by atoms with Gasteiger partial charge < -0.3 is 4.74 Å². The number of esters is 1. The lowest BCUT2D eigenvalue weighted by Crippen LogP contribution is -2.52. The number of allylic oxidation sites excluding steroid dienone is 3. The molecule has 0 unspecified atom stereocenters. The van der Waals surface area contributed by atoms with Gasteiger partial charge in [-0.25, -0.2) is 4.79 Å². The fraction of sp³-hybridized carbons (Fsp3) is 0.353. The average Bonchev–Trinajstić information content (AvgIpc) is 2.46. The maximum Gasteiger partial charge on any atom is 0.338 e. The van der Waals surface area contributed by atoms with Crippen molar-refractivity contribution in [2.24, 2.45) is 17.8 Å². The van der Waals surface area contributed by atoms with Crippen molar-refractivity contribution in [3.63, 3.8) is 0 Å². The maximum absolute atomic E-state index is 12.2. The van der Waals surface area contributed by atoms with E-state index in [-0.39, 0.29) is 12.1 Å². The lowest BCUT2D eigenvalue weighted by molar-refractivity contribution is -0.0777. The van der Waals surface area contributed by atoms with E-state index in [1.807, 2.05) is 18.2 Å². The molecule has 2 nitrogen and oxygen atoms in total. The first-order chi connectivity index (χ1) is 9.70. The summed E-state index contributed by atoms with van der Waals surface area (Å²) in [6.45, 7) is 2.16. The van der Waals surface area contributed by atoms with E-state index < -0.39 is 0 Å². The third-order valence-electron chi connectivity index (χ3n) is 4.31. The molecule has 0 N–H and O–H groups in total. The van der Waals surface area contributed by atoms with Gasteiger partial charge in [0, 0.05) is 16.3 Å². The predicted octanol–water partition coefficient (Wildman–Crippen LogP) is 4.37. The molecule has 1 saturated carbocycles. The highest BCUT2D eigenvalue weighted by molar-refractivity contribution is 9.10. The highest BCUT2D eigenvalue weighted by Crippen LogP contribution is 2.48. The van der Waals surface area contributed by atoms with Gasteiger partial charge in [-0.05, 0) is 36.6 Å². The van der Waals surface area contributed by atoms with Gasteiger partial charge >= 0.3 is 5.97 Å². The summed E-state index contributed by atoms with van der Waals surface area (Å²) in [5.74, 6) is 1.11. The quantitative estimate of drug-likeness (QED) is 0.768. The Hall–Kier alpha value is -1.35. The largest absolute Gasteiger partial charge is 0.458 e. The lowest BCUT2D eigenvalue weighted by Gasteiger charge is -2.49. The Morgan fingerprint density at radius 1 is 1.15 bits per heavy atom. The topological polar surface area (TPSA) is 26.3 Å². The van der Waals surface area contributed by atoms with Gasteiger partial charge in [-0.3, -0.25) is 0 Å². The van der Waals surface area contributed by atoms with Crippen LogP contribution in [0.25, 0.3) is 0 Å². The molecule has 0 aromatic heterocycles. The molecule has 2 aliphatic carbocycles. The molecule has 0 bridgehead atoms. The number of carbonyl (C=O) groups is 1. The van der Waals surface area contributed by atoms with Crippen molar-refractivity contribution in [2.45, 2.75) is 19.4 Å². The standard InChI is InChI=1S/C17H17BrO2/c1-2-13-14-5-3-4-6-15(14)16(13)20-17(19)11-7-9-12(18)10-8-11/h3-10,13-16H,2H2,1H3/t13-,14-,15+,16+/m1/s1. The third-order valence-corrected chi connectivity index (χ3v) is 4.84. The van der Waals surface area contributed by atoms with E-state index in [9.17, 15) is 4.79 Å². The van der Waals surface area contributed by atoms with E-state index in [4.69, 9.17) is 4.74 Å². The van der Waals surface area contributed by atoms with Crippen LogP contribution in [0.4, 0.5) is 0 Å². The lowest BCUT2D eigenvalue weighted by atomic mass is 9.60. The molecule has 4 atom stereocenters. The number of ether oxygens (including phenoxy) is 1. The van der Waals surface area contributed by atoms with Crippen LogP contribution in [-0.4, -0.2) is 12.1 Å². The molecule has 2 aliphatic rings. The second kappa shape index (κ2) is 5.57. The summed E-state index contributed by atoms with van der Waals surface area (Å²) in [7, 11) is 0. The first-order valence-corrected chi connectivity index (χ1v) is 7.81. The summed E-state index contributed by atoms with van der Waals surface area (Å²) in [5.41, 5.74) is 0.613. The molecule has 1 fully saturated rings. The van der Waals surface area contributed by atoms with Gasteiger partial charge in [-0.15, -0.1) is 0 Å². The molecule has 3 rings (SSSR count). The summed E-state index contributed by atoms with van der Waals surface area (Å²) < 4.78 is 6.71. The molecule has 3 heteroatoms. The summed E-state index contributed by atoms with van der Waals surface area (Å²) in [5, 5.41) is 0. The molecule has 1 aromatic carbocycles. The van der Waals surface area contributed by atoms with Gasteiger partial charge in [-0.2, -0.15) is 0 Å². The number of fused-ring (bicyclic) bond motifs is 1. The van der Waals surface area contributed by atoms with Gasteiger partial charge in [0.25, 0.3) is 0 Å². The minimum Gasteiger partial charge on any atom is -0.458 e. The molecule has 0 radical (unpaired) electrons. The summed E-state index contributed by atoms with van der Waals surface area (Å²) in [6.07, 6.45) is 9.60. The Balaban J connectivity index is 1.71. The van der Waals surface area contributed by atoms with Crippen molar-refractivity contribution >= 4 is 21.9 Å². The van der Waals surface area contributed by atoms with E-state index in [1.165, 1.54) is 0 Å². The van der Waals surface area contributed by atoms with E-state index in [0.29, 0.717) is 23.3 Å². The highest BCUT2D eigenvalue weighted by Gasteiger charge is 2.49. The molecule has 0 amide bonds. The van der Waals surface area contributed by atoms with E-state index in [0.717, 1.165) is 10.9 Å². The van der Waals surface area contributed by atoms with E-state index >= 15 is 0 Å². The molecule has 20 heavy (non-hydrogen) atoms. The number of carbonyl (C=O) groups excluding carboxylic acids is 1. The fourth-order valence-electron chi connectivity index (χ4n) is 3.21. The number of benzene rings is 1. The minimum atomic E-state index is -0.220. The van der Waals surface area contributed by atoms with Gasteiger partial charge in [0.1, 0.15) is 6.10 Å². The number of halogens is 1. The van der Waals surface area contributed by atoms with Crippen molar-refractivity contribution in [3.8, 4) is 0 Å². The zero-order valence-electron chi connectivity index (χ0n) is 11.3. The van der Waals surface area contributed by atoms with Gasteiger partial charge in [0.15, 0.2) is 0 Å². The molecule has 0 heterocycles. The van der Waals surface area contributed by atoms with Crippen LogP contribution < -0.4 is 0 Å². The second-order valence-electron chi connectivity index (χ2n) is 5.37. The number of rotatable bonds is 3. The summed E-state index contributed by atoms with van der Waals surface area (Å²) >= 11 is 3.37. The second-order valence-corrected chi connectivity index (χ2v) is 6.29. The third kappa shape index (κ3) is 2.35. The predicted molar refractivity (Wildman–Crippen MR) is 82.4 cm³/mol. The van der Waals surface area contributed by atoms with Gasteiger partial charge in [0.2, 0.25) is 0 Å². The van der Waals surface area contributed by atoms with Crippen LogP contribution in [0.1, 0.15) is 23.7 Å². The van der Waals surface area contributed by atoms with Crippen LogP contribution in [0.5, 0.6) is 0 Å². The van der Waals surface area contributed by atoms with Gasteiger partial charge in [0.05, 0.1) is 5.56 Å². The van der Waals surface area contributed by atoms with Crippen LogP contribution in [0, 0.1) is 17.8 Å². The Morgan fingerprint density at radius 3 is 2.45 bits per heavy atom. The van der Waals surface area contributed by atoms with Crippen molar-refractivity contribution in [3.05, 3.63) is 58.6 Å². The normalized spacial score (nSPS) is 30.5. The smallest absolute Gasteiger partial charge is 0.338 e. The van der Waals surface area contributed by atoms with Crippen LogP contribution in [0.2, 0.25) is 0 Å². The van der Waals surface area contributed by atoms with Gasteiger partial charge in [-0.1, -0.05) is 47.2 Å². The molecular weight excluding hydrogens is 316 g/mol.